The summed E-state index contributed by atoms with van der Waals surface area (Å²) in [4.78, 5) is 21.6. The highest BCUT2D eigenvalue weighted by atomic mass is 19.1. The van der Waals surface area contributed by atoms with Gasteiger partial charge in [-0.25, -0.2) is 13.8 Å². The van der Waals surface area contributed by atoms with Crippen LogP contribution in [0.15, 0.2) is 55.2 Å². The summed E-state index contributed by atoms with van der Waals surface area (Å²) in [5.74, 6) is -2.59. The smallest absolute Gasteiger partial charge is 0.273 e. The van der Waals surface area contributed by atoms with Gasteiger partial charge >= 0.3 is 0 Å². The quantitative estimate of drug-likeness (QED) is 0.506. The summed E-state index contributed by atoms with van der Waals surface area (Å²) >= 11 is 0. The lowest BCUT2D eigenvalue weighted by atomic mass is 9.80. The molecule has 31 heavy (non-hydrogen) atoms. The van der Waals surface area contributed by atoms with Crippen molar-refractivity contribution in [3.63, 3.8) is 0 Å². The van der Waals surface area contributed by atoms with Crippen molar-refractivity contribution in [3.8, 4) is 5.82 Å². The first kappa shape index (κ1) is 20.3. The normalized spacial score (nSPS) is 13.0. The molecule has 9 nitrogen and oxygen atoms in total. The van der Waals surface area contributed by atoms with Crippen LogP contribution in [-0.2, 0) is 12.5 Å². The number of aryl methyl sites for hydroxylation is 1. The molecule has 0 saturated carbocycles. The van der Waals surface area contributed by atoms with E-state index >= 15 is 0 Å². The number of hydrogen-bond donors (Lipinski definition) is 1. The maximum atomic E-state index is 13.9. The van der Waals surface area contributed by atoms with Crippen molar-refractivity contribution in [2.75, 3.05) is 6.54 Å². The molecule has 0 aliphatic carbocycles. The molecule has 0 spiro atoms. The Morgan fingerprint density at radius 1 is 1.16 bits per heavy atom. The highest BCUT2D eigenvalue weighted by Crippen LogP contribution is 2.29. The lowest BCUT2D eigenvalue weighted by Crippen LogP contribution is -2.40. The lowest BCUT2D eigenvalue weighted by molar-refractivity contribution is 0.0941. The van der Waals surface area contributed by atoms with Crippen molar-refractivity contribution in [1.29, 1.82) is 0 Å². The van der Waals surface area contributed by atoms with E-state index in [4.69, 9.17) is 0 Å². The van der Waals surface area contributed by atoms with Gasteiger partial charge in [0.2, 0.25) is 5.82 Å². The Labute approximate surface area is 175 Å². The molecule has 1 unspecified atom stereocenters. The number of carbonyl (C=O) groups excluding carboxylic acids is 1. The fourth-order valence-electron chi connectivity index (χ4n) is 3.11. The third-order valence-corrected chi connectivity index (χ3v) is 4.88. The van der Waals surface area contributed by atoms with Crippen LogP contribution >= 0.6 is 0 Å². The number of carbonyl (C=O) groups is 1. The van der Waals surface area contributed by atoms with Gasteiger partial charge in [0.25, 0.3) is 5.91 Å². The molecule has 158 valence electrons. The van der Waals surface area contributed by atoms with Crippen LogP contribution in [0, 0.1) is 11.6 Å². The lowest BCUT2D eigenvalue weighted by Gasteiger charge is -2.28. The molecule has 1 N–H and O–H groups in total. The third-order valence-electron chi connectivity index (χ3n) is 4.88. The second kappa shape index (κ2) is 8.01. The number of rotatable bonds is 6. The zero-order valence-electron chi connectivity index (χ0n) is 16.7. The Hall–Kier alpha value is -4.02. The molecule has 0 aliphatic heterocycles. The van der Waals surface area contributed by atoms with Crippen LogP contribution in [0.4, 0.5) is 8.78 Å². The first-order valence-corrected chi connectivity index (χ1v) is 9.29. The average Bonchev–Trinajstić information content (AvgIpc) is 3.42. The minimum atomic E-state index is -0.943. The van der Waals surface area contributed by atoms with Gasteiger partial charge in [-0.3, -0.25) is 14.5 Å². The highest BCUT2D eigenvalue weighted by molar-refractivity contribution is 5.92. The fraction of sp³-hybridized carbons (Fsp3) is 0.200. The van der Waals surface area contributed by atoms with Crippen LogP contribution in [0.3, 0.4) is 0 Å². The van der Waals surface area contributed by atoms with Crippen molar-refractivity contribution < 1.29 is 13.6 Å². The zero-order chi connectivity index (χ0) is 22.0. The number of nitrogens with one attached hydrogen (secondary N) is 1. The van der Waals surface area contributed by atoms with Crippen molar-refractivity contribution in [3.05, 3.63) is 83.8 Å². The van der Waals surface area contributed by atoms with E-state index in [1.54, 1.807) is 17.1 Å². The summed E-state index contributed by atoms with van der Waals surface area (Å²) in [5, 5.41) is 14.9. The second-order valence-corrected chi connectivity index (χ2v) is 7.11. The minimum absolute atomic E-state index is 0.0416. The number of hydrogen-bond acceptors (Lipinski definition) is 6. The predicted octanol–water partition coefficient (Wildman–Crippen LogP) is 1.80. The summed E-state index contributed by atoms with van der Waals surface area (Å²) in [6.07, 6.45) is 7.29. The molecule has 4 rings (SSSR count). The Kier molecular flexibility index (Phi) is 5.24. The van der Waals surface area contributed by atoms with Crippen LogP contribution in [0.1, 0.15) is 28.7 Å². The number of nitrogens with zero attached hydrogens (tertiary/aromatic N) is 7. The number of aromatic nitrogens is 7. The summed E-state index contributed by atoms with van der Waals surface area (Å²) < 4.78 is 28.6. The van der Waals surface area contributed by atoms with Gasteiger partial charge in [0.15, 0.2) is 11.5 Å². The van der Waals surface area contributed by atoms with Gasteiger partial charge in [-0.15, -0.1) is 9.90 Å². The van der Waals surface area contributed by atoms with Gasteiger partial charge in [0, 0.05) is 37.6 Å². The fourth-order valence-corrected chi connectivity index (χ4v) is 3.11. The molecule has 0 fully saturated rings. The van der Waals surface area contributed by atoms with Crippen LogP contribution in [0.2, 0.25) is 0 Å². The van der Waals surface area contributed by atoms with Gasteiger partial charge in [-0.1, -0.05) is 6.07 Å². The monoisotopic (exact) mass is 424 g/mol. The SMILES string of the molecule is Cn1cc(C(C)(CNC(=O)c2cnn(-c3ncc(F)cc3F)n2)c2ccccn2)cn1. The summed E-state index contributed by atoms with van der Waals surface area (Å²) in [5.41, 5.74) is 0.922. The molecule has 4 heterocycles. The molecule has 0 bridgehead atoms. The van der Waals surface area contributed by atoms with Gasteiger partial charge in [-0.05, 0) is 19.1 Å². The van der Waals surface area contributed by atoms with Crippen LogP contribution in [-0.4, -0.2) is 47.2 Å². The second-order valence-electron chi connectivity index (χ2n) is 7.11. The third kappa shape index (κ3) is 4.02. The van der Waals surface area contributed by atoms with Crippen molar-refractivity contribution in [1.82, 2.24) is 40.1 Å². The summed E-state index contributed by atoms with van der Waals surface area (Å²) in [6, 6.07) is 6.22. The van der Waals surface area contributed by atoms with Crippen LogP contribution < -0.4 is 5.32 Å². The van der Waals surface area contributed by atoms with Gasteiger partial charge in [0.1, 0.15) is 5.82 Å². The molecular formula is C20H18F2N8O. The highest BCUT2D eigenvalue weighted by Gasteiger charge is 2.32. The first-order chi connectivity index (χ1) is 14.9. The molecule has 1 amide bonds. The van der Waals surface area contributed by atoms with E-state index in [0.717, 1.165) is 22.3 Å². The van der Waals surface area contributed by atoms with Crippen molar-refractivity contribution >= 4 is 5.91 Å². The molecule has 0 saturated heterocycles. The molecule has 0 aromatic carbocycles. The standard InChI is InChI=1S/C20H18F2N8O/c1-20(13-8-26-29(2)11-13,17-5-3-4-6-23-17)12-25-19(31)16-10-27-30(28-16)18-15(22)7-14(21)9-24-18/h3-11H,12H2,1-2H3,(H,25,31). The molecule has 11 heteroatoms. The van der Waals surface area contributed by atoms with E-state index in [0.29, 0.717) is 6.07 Å². The Bertz CT molecular complexity index is 1220. The van der Waals surface area contributed by atoms with Gasteiger partial charge in [0.05, 0.1) is 29.7 Å². The molecular weight excluding hydrogens is 406 g/mol. The topological polar surface area (TPSA) is 103 Å². The molecule has 4 aromatic heterocycles. The van der Waals surface area contributed by atoms with E-state index in [9.17, 15) is 13.6 Å². The van der Waals surface area contributed by atoms with Crippen LogP contribution in [0.5, 0.6) is 0 Å². The number of halogens is 2. The maximum Gasteiger partial charge on any atom is 0.273 e. The van der Waals surface area contributed by atoms with E-state index < -0.39 is 23.0 Å². The average molecular weight is 424 g/mol. The van der Waals surface area contributed by atoms with Crippen molar-refractivity contribution in [2.45, 2.75) is 12.3 Å². The Morgan fingerprint density at radius 3 is 2.68 bits per heavy atom. The molecule has 0 aliphatic rings. The zero-order valence-corrected chi connectivity index (χ0v) is 16.7. The molecule has 0 radical (unpaired) electrons. The Balaban J connectivity index is 1.56. The van der Waals surface area contributed by atoms with Gasteiger partial charge in [-0.2, -0.15) is 10.2 Å². The van der Waals surface area contributed by atoms with Gasteiger partial charge < -0.3 is 5.32 Å². The first-order valence-electron chi connectivity index (χ1n) is 9.29. The predicted molar refractivity (Wildman–Crippen MR) is 105 cm³/mol. The number of amides is 1. The molecule has 1 atom stereocenters. The van der Waals surface area contributed by atoms with Crippen LogP contribution in [0.25, 0.3) is 5.82 Å². The largest absolute Gasteiger partial charge is 0.349 e. The van der Waals surface area contributed by atoms with E-state index in [2.05, 4.69) is 30.6 Å². The summed E-state index contributed by atoms with van der Waals surface area (Å²) in [6.45, 7) is 2.14. The Morgan fingerprint density at radius 2 is 2.00 bits per heavy atom. The van der Waals surface area contributed by atoms with E-state index in [1.165, 1.54) is 6.20 Å². The molecule has 4 aromatic rings. The number of pyridine rings is 2. The van der Waals surface area contributed by atoms with E-state index in [-0.39, 0.29) is 18.1 Å². The van der Waals surface area contributed by atoms with E-state index in [1.807, 2.05) is 38.4 Å². The summed E-state index contributed by atoms with van der Waals surface area (Å²) in [7, 11) is 1.81. The van der Waals surface area contributed by atoms with Crippen molar-refractivity contribution in [2.24, 2.45) is 7.05 Å². The maximum absolute atomic E-state index is 13.9. The minimum Gasteiger partial charge on any atom is -0.349 e.